The fourth-order valence-electron chi connectivity index (χ4n) is 4.70. The molecular formula is C27H28N2O8S2. The molecule has 0 spiro atoms. The highest BCUT2D eigenvalue weighted by molar-refractivity contribution is 7.91. The van der Waals surface area contributed by atoms with Crippen molar-refractivity contribution >= 4 is 25.8 Å². The van der Waals surface area contributed by atoms with Gasteiger partial charge in [-0.1, -0.05) is 30.3 Å². The summed E-state index contributed by atoms with van der Waals surface area (Å²) in [5.41, 5.74) is 3.89. The highest BCUT2D eigenvalue weighted by Gasteiger charge is 2.38. The molecule has 12 heteroatoms. The van der Waals surface area contributed by atoms with Crippen molar-refractivity contribution in [3.8, 4) is 28.5 Å². The number of aromatic nitrogens is 1. The number of sulfone groups is 1. The summed E-state index contributed by atoms with van der Waals surface area (Å²) in [7, 11) is -6.74. The summed E-state index contributed by atoms with van der Waals surface area (Å²) in [6.07, 6.45) is 1.13. The van der Waals surface area contributed by atoms with Gasteiger partial charge in [0.2, 0.25) is 21.8 Å². The molecule has 10 nitrogen and oxygen atoms in total. The largest absolute Gasteiger partial charge is 0.488 e. The molecule has 3 aromatic rings. The predicted octanol–water partition coefficient (Wildman–Crippen LogP) is 3.27. The average molecular weight is 573 g/mol. The monoisotopic (exact) mass is 572 g/mol. The summed E-state index contributed by atoms with van der Waals surface area (Å²) in [6.45, 7) is 2.43. The zero-order chi connectivity index (χ0) is 27.8. The summed E-state index contributed by atoms with van der Waals surface area (Å²) in [6, 6.07) is 16.2. The highest BCUT2D eigenvalue weighted by Crippen LogP contribution is 2.43. The second-order valence-corrected chi connectivity index (χ2v) is 13.7. The first kappa shape index (κ1) is 26.9. The Labute approximate surface area is 227 Å². The van der Waals surface area contributed by atoms with Crippen molar-refractivity contribution in [2.24, 2.45) is 0 Å². The molecule has 0 bridgehead atoms. The zero-order valence-corrected chi connectivity index (χ0v) is 23.0. The van der Waals surface area contributed by atoms with Crippen molar-refractivity contribution in [1.82, 2.24) is 9.71 Å². The molecule has 1 aromatic heterocycles. The van der Waals surface area contributed by atoms with Gasteiger partial charge >= 0.3 is 0 Å². The minimum absolute atomic E-state index is 0.0614. The Morgan fingerprint density at radius 1 is 1.08 bits per heavy atom. The van der Waals surface area contributed by atoms with Gasteiger partial charge in [-0.15, -0.1) is 0 Å². The molecule has 1 fully saturated rings. The average Bonchev–Trinajstić information content (AvgIpc) is 3.40. The maximum Gasteiger partial charge on any atom is 0.242 e. The molecule has 1 N–H and O–H groups in total. The van der Waals surface area contributed by atoms with E-state index in [1.807, 2.05) is 35.9 Å². The molecule has 0 radical (unpaired) electrons. The molecule has 0 aliphatic carbocycles. The highest BCUT2D eigenvalue weighted by atomic mass is 32.2. The Hall–Kier alpha value is -3.64. The van der Waals surface area contributed by atoms with E-state index in [9.17, 15) is 21.6 Å². The first-order chi connectivity index (χ1) is 18.5. The van der Waals surface area contributed by atoms with Gasteiger partial charge in [-0.05, 0) is 37.1 Å². The van der Waals surface area contributed by atoms with E-state index in [1.165, 1.54) is 6.26 Å². The number of ether oxygens (including phenoxy) is 3. The minimum atomic E-state index is -3.71. The van der Waals surface area contributed by atoms with Crippen LogP contribution in [0.1, 0.15) is 41.0 Å². The molecular weight excluding hydrogens is 544 g/mol. The molecule has 2 atom stereocenters. The summed E-state index contributed by atoms with van der Waals surface area (Å²) in [5, 5.41) is -0.904. The molecule has 1 amide bonds. The van der Waals surface area contributed by atoms with E-state index in [0.29, 0.717) is 36.0 Å². The van der Waals surface area contributed by atoms with Crippen LogP contribution in [0.3, 0.4) is 0 Å². The van der Waals surface area contributed by atoms with Crippen LogP contribution in [-0.4, -0.2) is 52.9 Å². The Morgan fingerprint density at radius 2 is 1.85 bits per heavy atom. The number of sulfonamides is 1. The van der Waals surface area contributed by atoms with Gasteiger partial charge < -0.3 is 14.2 Å². The van der Waals surface area contributed by atoms with E-state index in [-0.39, 0.29) is 24.9 Å². The molecule has 2 aliphatic rings. The third-order valence-electron chi connectivity index (χ3n) is 6.56. The van der Waals surface area contributed by atoms with Crippen molar-refractivity contribution in [2.75, 3.05) is 25.2 Å². The standard InChI is InChI=1S/C27H28N2O8S2/c1-17-20(11-12-26(28-17)35-13-4-14-38(2,31)32)21-5-3-6-22-23(16-36-27(21)22)37-19-9-7-18(8-10-19)24-15-25(30)29-39(24,33)34/h3,5-12,23-24H,4,13-16H2,1-2H3,(H,29,30)/t23-,24?/m1/s1. The number of carbonyl (C=O) groups excluding carboxylic acids is 1. The molecule has 2 aliphatic heterocycles. The van der Waals surface area contributed by atoms with E-state index in [4.69, 9.17) is 14.2 Å². The number of rotatable bonds is 9. The molecule has 2 aromatic carbocycles. The lowest BCUT2D eigenvalue weighted by Crippen LogP contribution is -2.21. The molecule has 1 unspecified atom stereocenters. The number of aryl methyl sites for hydroxylation is 1. The number of nitrogens with one attached hydrogen (secondary N) is 1. The number of para-hydroxylation sites is 1. The van der Waals surface area contributed by atoms with Gasteiger partial charge in [0.1, 0.15) is 33.2 Å². The topological polar surface area (TPSA) is 138 Å². The summed E-state index contributed by atoms with van der Waals surface area (Å²) < 4.78 is 66.7. The fourth-order valence-corrected chi connectivity index (χ4v) is 6.77. The number of pyridine rings is 1. The Balaban J connectivity index is 1.29. The first-order valence-corrected chi connectivity index (χ1v) is 16.0. The summed E-state index contributed by atoms with van der Waals surface area (Å²) in [5.74, 6) is 1.23. The third-order valence-corrected chi connectivity index (χ3v) is 9.29. The number of hydrogen-bond acceptors (Lipinski definition) is 9. The van der Waals surface area contributed by atoms with Crippen LogP contribution in [0.4, 0.5) is 0 Å². The van der Waals surface area contributed by atoms with Crippen molar-refractivity contribution in [3.05, 3.63) is 71.4 Å². The maximum absolute atomic E-state index is 12.1. The molecule has 39 heavy (non-hydrogen) atoms. The Morgan fingerprint density at radius 3 is 2.51 bits per heavy atom. The SMILES string of the molecule is Cc1nc(OCCCS(C)(=O)=O)ccc1-c1cccc2c1OC[C@H]2Oc1ccc(C2CC(=O)NS2(=O)=O)cc1. The normalized spacial score (nSPS) is 19.7. The van der Waals surface area contributed by atoms with Gasteiger partial charge in [0.25, 0.3) is 0 Å². The van der Waals surface area contributed by atoms with Crippen LogP contribution in [0, 0.1) is 6.92 Å². The van der Waals surface area contributed by atoms with E-state index in [2.05, 4.69) is 4.98 Å². The van der Waals surface area contributed by atoms with Crippen molar-refractivity contribution in [1.29, 1.82) is 0 Å². The van der Waals surface area contributed by atoms with E-state index in [0.717, 1.165) is 22.4 Å². The Bertz CT molecular complexity index is 1620. The number of carbonyl (C=O) groups is 1. The quantitative estimate of drug-likeness (QED) is 0.383. The predicted molar refractivity (Wildman–Crippen MR) is 144 cm³/mol. The first-order valence-electron chi connectivity index (χ1n) is 12.4. The van der Waals surface area contributed by atoms with Crippen LogP contribution in [0.15, 0.2) is 54.6 Å². The summed E-state index contributed by atoms with van der Waals surface area (Å²) >= 11 is 0. The van der Waals surface area contributed by atoms with Crippen LogP contribution in [0.25, 0.3) is 11.1 Å². The number of hydrogen-bond donors (Lipinski definition) is 1. The minimum Gasteiger partial charge on any atom is -0.488 e. The van der Waals surface area contributed by atoms with Gasteiger partial charge in [0, 0.05) is 34.7 Å². The van der Waals surface area contributed by atoms with Crippen LogP contribution < -0.4 is 18.9 Å². The van der Waals surface area contributed by atoms with Crippen LogP contribution in [0.2, 0.25) is 0 Å². The molecule has 3 heterocycles. The van der Waals surface area contributed by atoms with E-state index in [1.54, 1.807) is 30.3 Å². The van der Waals surface area contributed by atoms with Gasteiger partial charge in [0.05, 0.1) is 18.8 Å². The lowest BCUT2D eigenvalue weighted by Gasteiger charge is -2.15. The lowest BCUT2D eigenvalue weighted by atomic mass is 9.99. The van der Waals surface area contributed by atoms with Gasteiger partial charge in [0.15, 0.2) is 6.10 Å². The maximum atomic E-state index is 12.1. The number of fused-ring (bicyclic) bond motifs is 1. The van der Waals surface area contributed by atoms with Crippen LogP contribution >= 0.6 is 0 Å². The van der Waals surface area contributed by atoms with Crippen LogP contribution in [0.5, 0.6) is 17.4 Å². The van der Waals surface area contributed by atoms with Crippen LogP contribution in [-0.2, 0) is 24.7 Å². The smallest absolute Gasteiger partial charge is 0.242 e. The molecule has 0 saturated carbocycles. The zero-order valence-electron chi connectivity index (χ0n) is 21.4. The second-order valence-electron chi connectivity index (χ2n) is 9.59. The van der Waals surface area contributed by atoms with Crippen molar-refractivity contribution < 1.29 is 35.8 Å². The van der Waals surface area contributed by atoms with Gasteiger partial charge in [-0.2, -0.15) is 0 Å². The third kappa shape index (κ3) is 6.01. The van der Waals surface area contributed by atoms with Crippen molar-refractivity contribution in [3.63, 3.8) is 0 Å². The fraction of sp³-hybridized carbons (Fsp3) is 0.333. The summed E-state index contributed by atoms with van der Waals surface area (Å²) in [4.78, 5) is 16.1. The number of nitrogens with zero attached hydrogens (tertiary/aromatic N) is 1. The number of amides is 1. The molecule has 5 rings (SSSR count). The van der Waals surface area contributed by atoms with Crippen molar-refractivity contribution in [2.45, 2.75) is 31.1 Å². The molecule has 206 valence electrons. The van der Waals surface area contributed by atoms with Gasteiger partial charge in [-0.25, -0.2) is 21.8 Å². The second kappa shape index (κ2) is 10.5. The lowest BCUT2D eigenvalue weighted by molar-refractivity contribution is -0.118. The van der Waals surface area contributed by atoms with E-state index >= 15 is 0 Å². The Kier molecular flexibility index (Phi) is 7.25. The van der Waals surface area contributed by atoms with E-state index < -0.39 is 31.0 Å². The number of benzene rings is 2. The van der Waals surface area contributed by atoms with Gasteiger partial charge in [-0.3, -0.25) is 9.52 Å². The molecule has 1 saturated heterocycles.